The fraction of sp³-hybridized carbons (Fsp3) is 1.00. The number of methoxy groups -OCH3 is 1. The van der Waals surface area contributed by atoms with Gasteiger partial charge in [0.15, 0.2) is 0 Å². The van der Waals surface area contributed by atoms with E-state index in [-0.39, 0.29) is 0 Å². The number of hydrogen-bond donors (Lipinski definition) is 1. The summed E-state index contributed by atoms with van der Waals surface area (Å²) in [6.45, 7) is 1.41. The summed E-state index contributed by atoms with van der Waals surface area (Å²) in [5, 5.41) is 0.348. The Bertz CT molecular complexity index is 199. The van der Waals surface area contributed by atoms with E-state index in [1.165, 1.54) is 12.8 Å². The van der Waals surface area contributed by atoms with E-state index in [9.17, 15) is 4.21 Å². The van der Waals surface area contributed by atoms with Crippen molar-refractivity contribution in [2.75, 3.05) is 26.0 Å². The Balaban J connectivity index is 2.34. The van der Waals surface area contributed by atoms with Crippen LogP contribution in [0.15, 0.2) is 0 Å². The van der Waals surface area contributed by atoms with Crippen LogP contribution >= 0.6 is 0 Å². The van der Waals surface area contributed by atoms with Crippen molar-refractivity contribution in [2.24, 2.45) is 11.7 Å². The first kappa shape index (κ1) is 13.1. The molecule has 0 spiro atoms. The molecule has 1 aliphatic rings. The molecule has 0 bridgehead atoms. The molecule has 4 heteroatoms. The lowest BCUT2D eigenvalue weighted by atomic mass is 9.89. The number of rotatable bonds is 6. The molecule has 3 unspecified atom stereocenters. The average Bonchev–Trinajstić information content (AvgIpc) is 2.29. The van der Waals surface area contributed by atoms with Crippen LogP contribution in [-0.2, 0) is 15.5 Å². The van der Waals surface area contributed by atoms with Crippen LogP contribution in [0, 0.1) is 5.92 Å². The molecule has 0 radical (unpaired) electrons. The van der Waals surface area contributed by atoms with E-state index < -0.39 is 10.8 Å². The molecule has 0 heterocycles. The Morgan fingerprint density at radius 1 is 1.40 bits per heavy atom. The largest absolute Gasteiger partial charge is 0.385 e. The SMILES string of the molecule is COCCCS(=O)C1CCCCC1CN. The van der Waals surface area contributed by atoms with Gasteiger partial charge in [-0.15, -0.1) is 0 Å². The second kappa shape index (κ2) is 7.36. The molecule has 3 atom stereocenters. The third kappa shape index (κ3) is 4.21. The van der Waals surface area contributed by atoms with E-state index in [0.717, 1.165) is 25.0 Å². The summed E-state index contributed by atoms with van der Waals surface area (Å²) < 4.78 is 17.0. The predicted octanol–water partition coefficient (Wildman–Crippen LogP) is 1.29. The van der Waals surface area contributed by atoms with Crippen molar-refractivity contribution >= 4 is 10.8 Å². The molecule has 3 nitrogen and oxygen atoms in total. The quantitative estimate of drug-likeness (QED) is 0.703. The van der Waals surface area contributed by atoms with Gasteiger partial charge < -0.3 is 10.5 Å². The average molecular weight is 233 g/mol. The van der Waals surface area contributed by atoms with Gasteiger partial charge in [0.05, 0.1) is 0 Å². The summed E-state index contributed by atoms with van der Waals surface area (Å²) >= 11 is 0. The van der Waals surface area contributed by atoms with Crippen molar-refractivity contribution in [2.45, 2.75) is 37.4 Å². The van der Waals surface area contributed by atoms with Crippen LogP contribution in [0.2, 0.25) is 0 Å². The zero-order chi connectivity index (χ0) is 11.1. The Hall–Kier alpha value is 0.0700. The Morgan fingerprint density at radius 2 is 2.13 bits per heavy atom. The minimum absolute atomic E-state index is 0.348. The molecule has 0 amide bonds. The summed E-state index contributed by atoms with van der Waals surface area (Å²) in [6.07, 6.45) is 5.64. The van der Waals surface area contributed by atoms with Crippen LogP contribution < -0.4 is 5.73 Å². The zero-order valence-corrected chi connectivity index (χ0v) is 10.4. The highest BCUT2D eigenvalue weighted by atomic mass is 32.2. The van der Waals surface area contributed by atoms with Gasteiger partial charge in [-0.2, -0.15) is 0 Å². The van der Waals surface area contributed by atoms with Gasteiger partial charge in [0, 0.05) is 35.5 Å². The molecule has 0 aromatic carbocycles. The molecule has 0 saturated heterocycles. The maximum atomic E-state index is 12.0. The first-order valence-corrected chi connectivity index (χ1v) is 7.24. The molecule has 1 fully saturated rings. The summed E-state index contributed by atoms with van der Waals surface area (Å²) in [5.74, 6) is 1.26. The maximum absolute atomic E-state index is 12.0. The summed E-state index contributed by atoms with van der Waals surface area (Å²) in [4.78, 5) is 0. The van der Waals surface area contributed by atoms with Gasteiger partial charge in [-0.3, -0.25) is 4.21 Å². The summed E-state index contributed by atoms with van der Waals surface area (Å²) in [5.41, 5.74) is 5.73. The minimum Gasteiger partial charge on any atom is -0.385 e. The van der Waals surface area contributed by atoms with Gasteiger partial charge in [-0.25, -0.2) is 0 Å². The van der Waals surface area contributed by atoms with Crippen LogP contribution in [0.3, 0.4) is 0 Å². The lowest BCUT2D eigenvalue weighted by molar-refractivity contribution is 0.199. The number of hydrogen-bond acceptors (Lipinski definition) is 3. The monoisotopic (exact) mass is 233 g/mol. The molecule has 0 aliphatic heterocycles. The minimum atomic E-state index is -0.698. The highest BCUT2D eigenvalue weighted by molar-refractivity contribution is 7.85. The standard InChI is InChI=1S/C11H23NO2S/c1-14-7-4-8-15(13)11-6-3-2-5-10(11)9-12/h10-11H,2-9,12H2,1H3. The van der Waals surface area contributed by atoms with Gasteiger partial charge in [0.1, 0.15) is 0 Å². The van der Waals surface area contributed by atoms with Gasteiger partial charge in [-0.1, -0.05) is 12.8 Å². The highest BCUT2D eigenvalue weighted by Gasteiger charge is 2.28. The summed E-state index contributed by atoms with van der Waals surface area (Å²) in [7, 11) is 0.989. The first-order chi connectivity index (χ1) is 7.29. The van der Waals surface area contributed by atoms with E-state index in [4.69, 9.17) is 10.5 Å². The highest BCUT2D eigenvalue weighted by Crippen LogP contribution is 2.27. The van der Waals surface area contributed by atoms with Crippen molar-refractivity contribution in [1.29, 1.82) is 0 Å². The van der Waals surface area contributed by atoms with E-state index in [1.807, 2.05) is 0 Å². The van der Waals surface area contributed by atoms with Crippen molar-refractivity contribution in [3.8, 4) is 0 Å². The third-order valence-electron chi connectivity index (χ3n) is 3.17. The molecule has 90 valence electrons. The van der Waals surface area contributed by atoms with Crippen LogP contribution in [-0.4, -0.2) is 35.5 Å². The second-order valence-corrected chi connectivity index (χ2v) is 6.03. The topological polar surface area (TPSA) is 52.3 Å². The first-order valence-electron chi connectivity index (χ1n) is 5.85. The predicted molar refractivity (Wildman–Crippen MR) is 64.3 cm³/mol. The fourth-order valence-corrected chi connectivity index (χ4v) is 4.10. The Kier molecular flexibility index (Phi) is 6.45. The maximum Gasteiger partial charge on any atom is 0.0471 e. The van der Waals surface area contributed by atoms with Crippen molar-refractivity contribution in [3.05, 3.63) is 0 Å². The molecule has 1 rings (SSSR count). The van der Waals surface area contributed by atoms with E-state index in [0.29, 0.717) is 24.3 Å². The van der Waals surface area contributed by atoms with Crippen LogP contribution in [0.5, 0.6) is 0 Å². The lowest BCUT2D eigenvalue weighted by Gasteiger charge is -2.29. The van der Waals surface area contributed by atoms with Crippen LogP contribution in [0.1, 0.15) is 32.1 Å². The van der Waals surface area contributed by atoms with Gasteiger partial charge >= 0.3 is 0 Å². The van der Waals surface area contributed by atoms with Gasteiger partial charge in [0.2, 0.25) is 0 Å². The lowest BCUT2D eigenvalue weighted by Crippen LogP contribution is -2.35. The smallest absolute Gasteiger partial charge is 0.0471 e. The van der Waals surface area contributed by atoms with Crippen molar-refractivity contribution < 1.29 is 8.95 Å². The number of ether oxygens (including phenoxy) is 1. The van der Waals surface area contributed by atoms with E-state index >= 15 is 0 Å². The van der Waals surface area contributed by atoms with Gasteiger partial charge in [-0.05, 0) is 31.7 Å². The van der Waals surface area contributed by atoms with Crippen molar-refractivity contribution in [1.82, 2.24) is 0 Å². The third-order valence-corrected chi connectivity index (χ3v) is 5.16. The normalized spacial score (nSPS) is 28.9. The molecule has 2 N–H and O–H groups in total. The molecule has 0 aromatic rings. The number of nitrogens with two attached hydrogens (primary N) is 1. The van der Waals surface area contributed by atoms with Crippen LogP contribution in [0.25, 0.3) is 0 Å². The molecular formula is C11H23NO2S. The molecule has 1 aliphatic carbocycles. The molecule has 1 saturated carbocycles. The van der Waals surface area contributed by atoms with Crippen LogP contribution in [0.4, 0.5) is 0 Å². The molecule has 0 aromatic heterocycles. The van der Waals surface area contributed by atoms with E-state index in [2.05, 4.69) is 0 Å². The van der Waals surface area contributed by atoms with Gasteiger partial charge in [0.25, 0.3) is 0 Å². The molecule has 15 heavy (non-hydrogen) atoms. The molecular weight excluding hydrogens is 210 g/mol. The Labute approximate surface area is 95.2 Å². The second-order valence-electron chi connectivity index (χ2n) is 4.25. The Morgan fingerprint density at radius 3 is 2.80 bits per heavy atom. The van der Waals surface area contributed by atoms with Crippen molar-refractivity contribution in [3.63, 3.8) is 0 Å². The van der Waals surface area contributed by atoms with E-state index in [1.54, 1.807) is 7.11 Å². The fourth-order valence-electron chi connectivity index (χ4n) is 2.29. The summed E-state index contributed by atoms with van der Waals surface area (Å²) in [6, 6.07) is 0. The zero-order valence-electron chi connectivity index (χ0n) is 9.61.